The zero-order valence-electron chi connectivity index (χ0n) is 7.99. The van der Waals surface area contributed by atoms with Gasteiger partial charge in [0.05, 0.1) is 6.61 Å². The third-order valence-corrected chi connectivity index (χ3v) is 2.37. The van der Waals surface area contributed by atoms with E-state index in [1.54, 1.807) is 12.1 Å². The van der Waals surface area contributed by atoms with Crippen LogP contribution in [0.5, 0.6) is 5.75 Å². The van der Waals surface area contributed by atoms with Gasteiger partial charge in [-0.1, -0.05) is 12.1 Å². The fourth-order valence-corrected chi connectivity index (χ4v) is 1.56. The third-order valence-electron chi connectivity index (χ3n) is 2.37. The summed E-state index contributed by atoms with van der Waals surface area (Å²) in [5, 5.41) is 12.4. The van der Waals surface area contributed by atoms with Crippen LogP contribution < -0.4 is 5.32 Å². The molecule has 0 bridgehead atoms. The molecule has 4 heteroatoms. The maximum atomic E-state index is 9.12. The molecule has 0 spiro atoms. The molecule has 1 atom stereocenters. The van der Waals surface area contributed by atoms with Crippen LogP contribution in [-0.2, 0) is 10.5 Å². The Kier molecular flexibility index (Phi) is 3.37. The van der Waals surface area contributed by atoms with E-state index in [1.165, 1.54) is 0 Å². The number of hydrogen-bond acceptors (Lipinski definition) is 3. The number of rotatable bonds is 1. The maximum absolute atomic E-state index is 9.12. The Morgan fingerprint density at radius 3 is 2.50 bits per heavy atom. The summed E-state index contributed by atoms with van der Waals surface area (Å²) in [7, 11) is 0. The Morgan fingerprint density at radius 2 is 2.00 bits per heavy atom. The standard InChI is InChI=1S/C10H13NO2.ClH/c1-10(11-6-7-13-10)8-2-4-9(12)5-3-8;/h2-5,11-12H,6-7H2,1H3;1H. The first kappa shape index (κ1) is 11.3. The molecule has 1 fully saturated rings. The van der Waals surface area contributed by atoms with Crippen molar-refractivity contribution in [2.45, 2.75) is 12.6 Å². The number of ether oxygens (including phenoxy) is 1. The Balaban J connectivity index is 0.000000980. The van der Waals surface area contributed by atoms with E-state index in [1.807, 2.05) is 19.1 Å². The Labute approximate surface area is 89.5 Å². The van der Waals surface area contributed by atoms with Crippen LogP contribution in [0, 0.1) is 0 Å². The quantitative estimate of drug-likeness (QED) is 0.748. The molecule has 1 aliphatic rings. The lowest BCUT2D eigenvalue weighted by Crippen LogP contribution is -2.34. The normalized spacial score (nSPS) is 25.8. The predicted octanol–water partition coefficient (Wildman–Crippen LogP) is 1.61. The molecule has 1 saturated heterocycles. The van der Waals surface area contributed by atoms with E-state index in [9.17, 15) is 0 Å². The summed E-state index contributed by atoms with van der Waals surface area (Å²) in [6.07, 6.45) is 0. The lowest BCUT2D eigenvalue weighted by atomic mass is 10.1. The fraction of sp³-hybridized carbons (Fsp3) is 0.400. The summed E-state index contributed by atoms with van der Waals surface area (Å²) in [6, 6.07) is 7.08. The van der Waals surface area contributed by atoms with Crippen molar-refractivity contribution in [2.75, 3.05) is 13.2 Å². The zero-order valence-corrected chi connectivity index (χ0v) is 8.80. The lowest BCUT2D eigenvalue weighted by Gasteiger charge is -2.23. The van der Waals surface area contributed by atoms with Crippen molar-refractivity contribution in [1.82, 2.24) is 5.32 Å². The summed E-state index contributed by atoms with van der Waals surface area (Å²) in [4.78, 5) is 0. The minimum atomic E-state index is -0.381. The van der Waals surface area contributed by atoms with E-state index >= 15 is 0 Å². The first-order chi connectivity index (χ1) is 6.21. The second kappa shape index (κ2) is 4.17. The molecular weight excluding hydrogens is 202 g/mol. The van der Waals surface area contributed by atoms with Crippen molar-refractivity contribution >= 4 is 12.4 Å². The highest BCUT2D eigenvalue weighted by molar-refractivity contribution is 5.85. The van der Waals surface area contributed by atoms with Gasteiger partial charge in [-0.25, -0.2) is 0 Å². The zero-order chi connectivity index (χ0) is 9.31. The molecule has 1 aliphatic heterocycles. The molecule has 1 aromatic rings. The van der Waals surface area contributed by atoms with Gasteiger partial charge in [-0.15, -0.1) is 12.4 Å². The lowest BCUT2D eigenvalue weighted by molar-refractivity contribution is 0.00245. The van der Waals surface area contributed by atoms with Gasteiger partial charge >= 0.3 is 0 Å². The second-order valence-corrected chi connectivity index (χ2v) is 3.36. The van der Waals surface area contributed by atoms with Crippen LogP contribution in [0.3, 0.4) is 0 Å². The monoisotopic (exact) mass is 215 g/mol. The smallest absolute Gasteiger partial charge is 0.142 e. The molecule has 0 aliphatic carbocycles. The highest BCUT2D eigenvalue weighted by Crippen LogP contribution is 2.26. The van der Waals surface area contributed by atoms with E-state index in [4.69, 9.17) is 9.84 Å². The average Bonchev–Trinajstić information content (AvgIpc) is 2.54. The molecule has 1 aromatic carbocycles. The summed E-state index contributed by atoms with van der Waals surface area (Å²) in [6.45, 7) is 3.60. The van der Waals surface area contributed by atoms with Gasteiger partial charge in [0.1, 0.15) is 11.5 Å². The number of halogens is 1. The molecular formula is C10H14ClNO2. The van der Waals surface area contributed by atoms with Crippen molar-refractivity contribution in [3.05, 3.63) is 29.8 Å². The van der Waals surface area contributed by atoms with E-state index < -0.39 is 0 Å². The van der Waals surface area contributed by atoms with E-state index in [0.29, 0.717) is 0 Å². The molecule has 78 valence electrons. The summed E-state index contributed by atoms with van der Waals surface area (Å²) in [5.74, 6) is 0.283. The van der Waals surface area contributed by atoms with Gasteiger partial charge in [0.15, 0.2) is 0 Å². The van der Waals surface area contributed by atoms with Crippen LogP contribution in [0.1, 0.15) is 12.5 Å². The van der Waals surface area contributed by atoms with E-state index in [-0.39, 0.29) is 23.9 Å². The van der Waals surface area contributed by atoms with Crippen molar-refractivity contribution < 1.29 is 9.84 Å². The Bertz CT molecular complexity index is 293. The van der Waals surface area contributed by atoms with Crippen LogP contribution in [0.4, 0.5) is 0 Å². The predicted molar refractivity (Wildman–Crippen MR) is 56.7 cm³/mol. The highest BCUT2D eigenvalue weighted by Gasteiger charge is 2.30. The van der Waals surface area contributed by atoms with E-state index in [0.717, 1.165) is 18.7 Å². The van der Waals surface area contributed by atoms with E-state index in [2.05, 4.69) is 5.32 Å². The molecule has 0 radical (unpaired) electrons. The van der Waals surface area contributed by atoms with Crippen molar-refractivity contribution in [3.8, 4) is 5.75 Å². The van der Waals surface area contributed by atoms with Crippen molar-refractivity contribution in [3.63, 3.8) is 0 Å². The number of phenols is 1. The van der Waals surface area contributed by atoms with Gasteiger partial charge in [0.25, 0.3) is 0 Å². The first-order valence-corrected chi connectivity index (χ1v) is 4.39. The number of phenolic OH excluding ortho intramolecular Hbond substituents is 1. The Morgan fingerprint density at radius 1 is 1.36 bits per heavy atom. The minimum absolute atomic E-state index is 0. The third kappa shape index (κ3) is 2.00. The molecule has 0 aromatic heterocycles. The average molecular weight is 216 g/mol. The number of hydrogen-bond donors (Lipinski definition) is 2. The second-order valence-electron chi connectivity index (χ2n) is 3.36. The van der Waals surface area contributed by atoms with Gasteiger partial charge in [-0.2, -0.15) is 0 Å². The van der Waals surface area contributed by atoms with Crippen LogP contribution >= 0.6 is 12.4 Å². The van der Waals surface area contributed by atoms with Crippen LogP contribution in [0.2, 0.25) is 0 Å². The SMILES string of the molecule is CC1(c2ccc(O)cc2)NCCO1.Cl. The summed E-state index contributed by atoms with van der Waals surface area (Å²) >= 11 is 0. The Hall–Kier alpha value is -0.770. The van der Waals surface area contributed by atoms with Crippen molar-refractivity contribution in [1.29, 1.82) is 0 Å². The van der Waals surface area contributed by atoms with Gasteiger partial charge < -0.3 is 9.84 Å². The number of nitrogens with one attached hydrogen (secondary N) is 1. The van der Waals surface area contributed by atoms with Gasteiger partial charge in [0, 0.05) is 6.54 Å². The highest BCUT2D eigenvalue weighted by atomic mass is 35.5. The van der Waals surface area contributed by atoms with Gasteiger partial charge in [-0.05, 0) is 24.6 Å². The molecule has 1 heterocycles. The first-order valence-electron chi connectivity index (χ1n) is 4.39. The molecule has 2 rings (SSSR count). The topological polar surface area (TPSA) is 41.5 Å². The number of benzene rings is 1. The summed E-state index contributed by atoms with van der Waals surface area (Å²) < 4.78 is 5.57. The van der Waals surface area contributed by atoms with Crippen LogP contribution in [-0.4, -0.2) is 18.3 Å². The molecule has 3 nitrogen and oxygen atoms in total. The van der Waals surface area contributed by atoms with Crippen LogP contribution in [0.15, 0.2) is 24.3 Å². The minimum Gasteiger partial charge on any atom is -0.508 e. The van der Waals surface area contributed by atoms with Gasteiger partial charge in [0.2, 0.25) is 0 Å². The molecule has 2 N–H and O–H groups in total. The maximum Gasteiger partial charge on any atom is 0.142 e. The molecule has 1 unspecified atom stereocenters. The molecule has 0 saturated carbocycles. The molecule has 14 heavy (non-hydrogen) atoms. The largest absolute Gasteiger partial charge is 0.508 e. The molecule has 0 amide bonds. The van der Waals surface area contributed by atoms with Gasteiger partial charge in [-0.3, -0.25) is 5.32 Å². The van der Waals surface area contributed by atoms with Crippen molar-refractivity contribution in [2.24, 2.45) is 0 Å². The number of aromatic hydroxyl groups is 1. The summed E-state index contributed by atoms with van der Waals surface area (Å²) in [5.41, 5.74) is 0.663. The fourth-order valence-electron chi connectivity index (χ4n) is 1.56. The van der Waals surface area contributed by atoms with Crippen LogP contribution in [0.25, 0.3) is 0 Å².